The third-order valence-corrected chi connectivity index (χ3v) is 5.10. The minimum Gasteiger partial charge on any atom is -0.335 e. The van der Waals surface area contributed by atoms with Gasteiger partial charge in [0, 0.05) is 17.1 Å². The fourth-order valence-electron chi connectivity index (χ4n) is 3.50. The highest BCUT2D eigenvalue weighted by Gasteiger charge is 2.37. The van der Waals surface area contributed by atoms with Crippen LogP contribution < -0.4 is 5.32 Å². The lowest BCUT2D eigenvalue weighted by Crippen LogP contribution is -2.39. The average Bonchev–Trinajstić information content (AvgIpc) is 3.06. The number of carbonyl (C=O) groups is 1. The van der Waals surface area contributed by atoms with Crippen LogP contribution in [0.5, 0.6) is 0 Å². The second kappa shape index (κ2) is 5.86. The Morgan fingerprint density at radius 2 is 2.25 bits per heavy atom. The van der Waals surface area contributed by atoms with E-state index in [9.17, 15) is 4.79 Å². The minimum atomic E-state index is 0.155. The first-order chi connectivity index (χ1) is 9.66. The van der Waals surface area contributed by atoms with Crippen LogP contribution in [0.1, 0.15) is 37.8 Å². The number of rotatable bonds is 2. The average molecular weight is 337 g/mol. The standard InChI is InChI=1S/C16H21BrN2O/c1-11-14(7-8-18-11)16(20)19-9-3-6-15(19)12-4-2-5-13(17)10-12/h2,4-5,10-11,14-15,18H,3,6-9H2,1H3. The molecule has 3 rings (SSSR count). The van der Waals surface area contributed by atoms with E-state index >= 15 is 0 Å². The Bertz CT molecular complexity index is 505. The third-order valence-electron chi connectivity index (χ3n) is 4.61. The molecule has 0 radical (unpaired) electrons. The van der Waals surface area contributed by atoms with E-state index in [1.54, 1.807) is 0 Å². The molecule has 0 saturated carbocycles. The summed E-state index contributed by atoms with van der Waals surface area (Å²) in [4.78, 5) is 14.9. The van der Waals surface area contributed by atoms with Gasteiger partial charge in [-0.25, -0.2) is 0 Å². The summed E-state index contributed by atoms with van der Waals surface area (Å²) in [5.41, 5.74) is 1.25. The van der Waals surface area contributed by atoms with Crippen molar-refractivity contribution in [3.05, 3.63) is 34.3 Å². The molecule has 20 heavy (non-hydrogen) atoms. The first-order valence-electron chi connectivity index (χ1n) is 7.46. The first-order valence-corrected chi connectivity index (χ1v) is 8.25. The molecule has 3 atom stereocenters. The minimum absolute atomic E-state index is 0.155. The van der Waals surface area contributed by atoms with Crippen molar-refractivity contribution in [2.75, 3.05) is 13.1 Å². The Kier molecular flexibility index (Phi) is 4.13. The fourth-order valence-corrected chi connectivity index (χ4v) is 3.92. The number of hydrogen-bond acceptors (Lipinski definition) is 2. The predicted molar refractivity (Wildman–Crippen MR) is 83.4 cm³/mol. The van der Waals surface area contributed by atoms with Gasteiger partial charge >= 0.3 is 0 Å². The Balaban J connectivity index is 1.80. The molecule has 3 unspecified atom stereocenters. The first kappa shape index (κ1) is 14.1. The van der Waals surface area contributed by atoms with Crippen molar-refractivity contribution in [3.63, 3.8) is 0 Å². The predicted octanol–water partition coefficient (Wildman–Crippen LogP) is 3.11. The van der Waals surface area contributed by atoms with Crippen molar-refractivity contribution in [2.45, 2.75) is 38.3 Å². The zero-order chi connectivity index (χ0) is 14.1. The van der Waals surface area contributed by atoms with Gasteiger partial charge in [-0.05, 0) is 50.4 Å². The summed E-state index contributed by atoms with van der Waals surface area (Å²) in [5.74, 6) is 0.493. The molecule has 2 saturated heterocycles. The van der Waals surface area contributed by atoms with Gasteiger partial charge in [0.15, 0.2) is 0 Å². The van der Waals surface area contributed by atoms with Crippen molar-refractivity contribution in [2.24, 2.45) is 5.92 Å². The van der Waals surface area contributed by atoms with E-state index in [1.165, 1.54) is 5.56 Å². The molecular formula is C16H21BrN2O. The van der Waals surface area contributed by atoms with Crippen LogP contribution in [0, 0.1) is 5.92 Å². The fraction of sp³-hybridized carbons (Fsp3) is 0.562. The van der Waals surface area contributed by atoms with Crippen molar-refractivity contribution < 1.29 is 4.79 Å². The van der Waals surface area contributed by atoms with Gasteiger partial charge in [-0.1, -0.05) is 28.1 Å². The van der Waals surface area contributed by atoms with Gasteiger partial charge in [0.25, 0.3) is 0 Å². The third kappa shape index (κ3) is 2.63. The molecule has 1 aromatic rings. The summed E-state index contributed by atoms with van der Waals surface area (Å²) in [6.07, 6.45) is 3.16. The normalized spacial score (nSPS) is 29.9. The van der Waals surface area contributed by atoms with Crippen LogP contribution in [-0.2, 0) is 4.79 Å². The van der Waals surface area contributed by atoms with Gasteiger partial charge in [-0.2, -0.15) is 0 Å². The van der Waals surface area contributed by atoms with Crippen LogP contribution in [0.2, 0.25) is 0 Å². The molecule has 2 aliphatic heterocycles. The van der Waals surface area contributed by atoms with E-state index in [1.807, 2.05) is 6.07 Å². The summed E-state index contributed by atoms with van der Waals surface area (Å²) >= 11 is 3.53. The molecule has 4 heteroatoms. The number of nitrogens with zero attached hydrogens (tertiary/aromatic N) is 1. The van der Waals surface area contributed by atoms with E-state index in [4.69, 9.17) is 0 Å². The zero-order valence-corrected chi connectivity index (χ0v) is 13.4. The number of nitrogens with one attached hydrogen (secondary N) is 1. The lowest BCUT2D eigenvalue weighted by Gasteiger charge is -2.29. The maximum absolute atomic E-state index is 12.8. The highest BCUT2D eigenvalue weighted by molar-refractivity contribution is 9.10. The molecule has 1 aromatic carbocycles. The number of amides is 1. The molecule has 1 amide bonds. The zero-order valence-electron chi connectivity index (χ0n) is 11.8. The lowest BCUT2D eigenvalue weighted by atomic mass is 9.98. The maximum Gasteiger partial charge on any atom is 0.227 e. The molecule has 2 heterocycles. The number of halogens is 1. The van der Waals surface area contributed by atoms with Crippen molar-refractivity contribution in [1.29, 1.82) is 0 Å². The topological polar surface area (TPSA) is 32.3 Å². The Hall–Kier alpha value is -0.870. The molecule has 2 aliphatic rings. The summed E-state index contributed by atoms with van der Waals surface area (Å²) in [6, 6.07) is 8.94. The van der Waals surface area contributed by atoms with Gasteiger partial charge in [-0.3, -0.25) is 4.79 Å². The van der Waals surface area contributed by atoms with Crippen molar-refractivity contribution in [1.82, 2.24) is 10.2 Å². The largest absolute Gasteiger partial charge is 0.335 e. The molecule has 0 aliphatic carbocycles. The quantitative estimate of drug-likeness (QED) is 0.899. The molecule has 3 nitrogen and oxygen atoms in total. The van der Waals surface area contributed by atoms with Gasteiger partial charge in [0.05, 0.1) is 12.0 Å². The van der Waals surface area contributed by atoms with Gasteiger partial charge in [-0.15, -0.1) is 0 Å². The number of likely N-dealkylation sites (tertiary alicyclic amines) is 1. The van der Waals surface area contributed by atoms with E-state index in [-0.39, 0.29) is 12.0 Å². The van der Waals surface area contributed by atoms with Gasteiger partial charge in [0.1, 0.15) is 0 Å². The van der Waals surface area contributed by atoms with Crippen LogP contribution in [-0.4, -0.2) is 29.9 Å². The highest BCUT2D eigenvalue weighted by atomic mass is 79.9. The lowest BCUT2D eigenvalue weighted by molar-refractivity contribution is -0.136. The molecule has 0 spiro atoms. The van der Waals surface area contributed by atoms with E-state index in [2.05, 4.69) is 51.3 Å². The SMILES string of the molecule is CC1NCCC1C(=O)N1CCCC1c1cccc(Br)c1. The van der Waals surface area contributed by atoms with Crippen LogP contribution in [0.15, 0.2) is 28.7 Å². The van der Waals surface area contributed by atoms with Gasteiger partial charge in [0.2, 0.25) is 5.91 Å². The molecule has 2 fully saturated rings. The van der Waals surface area contributed by atoms with Crippen molar-refractivity contribution in [3.8, 4) is 0 Å². The summed E-state index contributed by atoms with van der Waals surface area (Å²) in [7, 11) is 0. The number of benzene rings is 1. The molecular weight excluding hydrogens is 316 g/mol. The molecule has 108 valence electrons. The second-order valence-electron chi connectivity index (χ2n) is 5.88. The van der Waals surface area contributed by atoms with Gasteiger partial charge < -0.3 is 10.2 Å². The summed E-state index contributed by atoms with van der Waals surface area (Å²) in [5, 5.41) is 3.38. The molecule has 0 bridgehead atoms. The number of carbonyl (C=O) groups excluding carboxylic acids is 1. The maximum atomic E-state index is 12.8. The smallest absolute Gasteiger partial charge is 0.227 e. The Morgan fingerprint density at radius 3 is 2.95 bits per heavy atom. The summed E-state index contributed by atoms with van der Waals surface area (Å²) < 4.78 is 1.09. The monoisotopic (exact) mass is 336 g/mol. The van der Waals surface area contributed by atoms with Crippen LogP contribution in [0.3, 0.4) is 0 Å². The van der Waals surface area contributed by atoms with E-state index in [0.29, 0.717) is 11.9 Å². The Morgan fingerprint density at radius 1 is 1.40 bits per heavy atom. The Labute approximate surface area is 128 Å². The number of hydrogen-bond donors (Lipinski definition) is 1. The van der Waals surface area contributed by atoms with Crippen LogP contribution in [0.25, 0.3) is 0 Å². The van der Waals surface area contributed by atoms with E-state index in [0.717, 1.165) is 36.8 Å². The van der Waals surface area contributed by atoms with Crippen molar-refractivity contribution >= 4 is 21.8 Å². The van der Waals surface area contributed by atoms with Crippen LogP contribution >= 0.6 is 15.9 Å². The summed E-state index contributed by atoms with van der Waals surface area (Å²) in [6.45, 7) is 3.99. The molecule has 1 N–H and O–H groups in total. The second-order valence-corrected chi connectivity index (χ2v) is 6.80. The highest BCUT2D eigenvalue weighted by Crippen LogP contribution is 2.35. The molecule has 0 aromatic heterocycles. The van der Waals surface area contributed by atoms with Crippen LogP contribution in [0.4, 0.5) is 0 Å². The van der Waals surface area contributed by atoms with E-state index < -0.39 is 0 Å².